The number of thiazole rings is 1. The SMILES string of the molecule is CCN1CCN(c2ccc(NC(=O)c3sc(-c4ccsc4)nc3C)c(C)c2)CC1. The van der Waals surface area contributed by atoms with Crippen molar-refractivity contribution < 1.29 is 4.79 Å². The van der Waals surface area contributed by atoms with Crippen molar-refractivity contribution in [1.82, 2.24) is 9.88 Å². The predicted molar refractivity (Wildman–Crippen MR) is 124 cm³/mol. The van der Waals surface area contributed by atoms with Gasteiger partial charge in [-0.05, 0) is 55.6 Å². The molecule has 0 atom stereocenters. The fourth-order valence-corrected chi connectivity index (χ4v) is 5.28. The molecule has 1 fully saturated rings. The van der Waals surface area contributed by atoms with E-state index in [9.17, 15) is 4.79 Å². The molecule has 0 radical (unpaired) electrons. The molecule has 0 unspecified atom stereocenters. The van der Waals surface area contributed by atoms with E-state index in [0.717, 1.165) is 60.2 Å². The summed E-state index contributed by atoms with van der Waals surface area (Å²) >= 11 is 3.09. The summed E-state index contributed by atoms with van der Waals surface area (Å²) in [6.45, 7) is 11.6. The molecule has 1 aliphatic rings. The number of rotatable bonds is 5. The smallest absolute Gasteiger partial charge is 0.267 e. The van der Waals surface area contributed by atoms with Crippen LogP contribution in [0.3, 0.4) is 0 Å². The Morgan fingerprint density at radius 1 is 1.17 bits per heavy atom. The third kappa shape index (κ3) is 4.37. The molecule has 1 aromatic carbocycles. The van der Waals surface area contributed by atoms with Gasteiger partial charge in [0.25, 0.3) is 5.91 Å². The Morgan fingerprint density at radius 3 is 2.62 bits per heavy atom. The normalized spacial score (nSPS) is 14.9. The summed E-state index contributed by atoms with van der Waals surface area (Å²) in [6, 6.07) is 8.34. The molecule has 0 bridgehead atoms. The summed E-state index contributed by atoms with van der Waals surface area (Å²) in [5, 5.41) is 8.06. The summed E-state index contributed by atoms with van der Waals surface area (Å²) in [5.74, 6) is -0.0890. The third-order valence-electron chi connectivity index (χ3n) is 5.41. The number of likely N-dealkylation sites (N-methyl/N-ethyl adjacent to an activating group) is 1. The number of amides is 1. The number of nitrogens with one attached hydrogen (secondary N) is 1. The maximum atomic E-state index is 12.9. The van der Waals surface area contributed by atoms with Crippen molar-refractivity contribution in [2.24, 2.45) is 0 Å². The van der Waals surface area contributed by atoms with Gasteiger partial charge in [-0.2, -0.15) is 11.3 Å². The Morgan fingerprint density at radius 2 is 1.97 bits per heavy atom. The molecule has 4 rings (SSSR count). The number of anilines is 2. The molecule has 7 heteroatoms. The Labute approximate surface area is 180 Å². The summed E-state index contributed by atoms with van der Waals surface area (Å²) in [5.41, 5.74) is 5.01. The molecule has 29 heavy (non-hydrogen) atoms. The summed E-state index contributed by atoms with van der Waals surface area (Å²) < 4.78 is 0. The van der Waals surface area contributed by atoms with E-state index < -0.39 is 0 Å². The molecule has 0 aliphatic carbocycles. The van der Waals surface area contributed by atoms with Crippen molar-refractivity contribution in [3.63, 3.8) is 0 Å². The second kappa shape index (κ2) is 8.65. The molecule has 5 nitrogen and oxygen atoms in total. The van der Waals surface area contributed by atoms with Crippen LogP contribution in [-0.2, 0) is 0 Å². The maximum Gasteiger partial charge on any atom is 0.267 e. The summed E-state index contributed by atoms with van der Waals surface area (Å²) in [7, 11) is 0. The number of aryl methyl sites for hydroxylation is 2. The number of thiophene rings is 1. The maximum absolute atomic E-state index is 12.9. The molecular formula is C22H26N4OS2. The van der Waals surface area contributed by atoms with E-state index in [1.54, 1.807) is 11.3 Å². The highest BCUT2D eigenvalue weighted by Gasteiger charge is 2.19. The van der Waals surface area contributed by atoms with Crippen molar-refractivity contribution in [3.8, 4) is 10.6 Å². The largest absolute Gasteiger partial charge is 0.369 e. The quantitative estimate of drug-likeness (QED) is 0.631. The fourth-order valence-electron chi connectivity index (χ4n) is 3.60. The number of benzene rings is 1. The van der Waals surface area contributed by atoms with Crippen LogP contribution in [0.25, 0.3) is 10.6 Å². The van der Waals surface area contributed by atoms with Gasteiger partial charge in [0.1, 0.15) is 9.88 Å². The number of carbonyl (C=O) groups excluding carboxylic acids is 1. The Bertz CT molecular complexity index is 988. The molecule has 3 heterocycles. The van der Waals surface area contributed by atoms with Crippen molar-refractivity contribution in [2.45, 2.75) is 20.8 Å². The van der Waals surface area contributed by atoms with Crippen LogP contribution >= 0.6 is 22.7 Å². The first kappa shape index (κ1) is 20.1. The number of aromatic nitrogens is 1. The first-order valence-corrected chi connectivity index (χ1v) is 11.7. The summed E-state index contributed by atoms with van der Waals surface area (Å²) in [4.78, 5) is 23.0. The van der Waals surface area contributed by atoms with E-state index >= 15 is 0 Å². The van der Waals surface area contributed by atoms with Crippen LogP contribution < -0.4 is 10.2 Å². The highest BCUT2D eigenvalue weighted by Crippen LogP contribution is 2.30. The van der Waals surface area contributed by atoms with Crippen LogP contribution in [0.2, 0.25) is 0 Å². The second-order valence-electron chi connectivity index (χ2n) is 7.32. The molecule has 1 saturated heterocycles. The van der Waals surface area contributed by atoms with E-state index in [0.29, 0.717) is 4.88 Å². The number of nitrogens with zero attached hydrogens (tertiary/aromatic N) is 3. The van der Waals surface area contributed by atoms with Crippen molar-refractivity contribution in [2.75, 3.05) is 42.9 Å². The zero-order valence-corrected chi connectivity index (χ0v) is 18.7. The van der Waals surface area contributed by atoms with E-state index in [-0.39, 0.29) is 5.91 Å². The minimum Gasteiger partial charge on any atom is -0.369 e. The van der Waals surface area contributed by atoms with Crippen LogP contribution in [0.5, 0.6) is 0 Å². The Hall–Kier alpha value is -2.22. The molecule has 1 amide bonds. The number of hydrogen-bond donors (Lipinski definition) is 1. The van der Waals surface area contributed by atoms with Gasteiger partial charge < -0.3 is 15.1 Å². The first-order valence-electron chi connectivity index (χ1n) is 9.94. The van der Waals surface area contributed by atoms with Crippen LogP contribution in [0.4, 0.5) is 11.4 Å². The Kier molecular flexibility index (Phi) is 5.99. The molecule has 1 N–H and O–H groups in total. The Balaban J connectivity index is 1.46. The number of hydrogen-bond acceptors (Lipinski definition) is 6. The molecule has 2 aromatic heterocycles. The van der Waals surface area contributed by atoms with Crippen LogP contribution in [-0.4, -0.2) is 48.5 Å². The van der Waals surface area contributed by atoms with Crippen LogP contribution in [0, 0.1) is 13.8 Å². The minimum atomic E-state index is -0.0890. The van der Waals surface area contributed by atoms with Crippen molar-refractivity contribution in [3.05, 3.63) is 51.2 Å². The lowest BCUT2D eigenvalue weighted by Crippen LogP contribution is -2.46. The predicted octanol–water partition coefficient (Wildman–Crippen LogP) is 4.88. The van der Waals surface area contributed by atoms with E-state index in [1.165, 1.54) is 17.0 Å². The van der Waals surface area contributed by atoms with E-state index in [4.69, 9.17) is 0 Å². The molecule has 3 aromatic rings. The fraction of sp³-hybridized carbons (Fsp3) is 0.364. The van der Waals surface area contributed by atoms with Crippen molar-refractivity contribution >= 4 is 40.0 Å². The average molecular weight is 427 g/mol. The molecule has 0 saturated carbocycles. The van der Waals surface area contributed by atoms with Gasteiger partial charge in [-0.25, -0.2) is 4.98 Å². The minimum absolute atomic E-state index is 0.0890. The van der Waals surface area contributed by atoms with Gasteiger partial charge in [0.15, 0.2) is 0 Å². The summed E-state index contributed by atoms with van der Waals surface area (Å²) in [6.07, 6.45) is 0. The van der Waals surface area contributed by atoms with Gasteiger partial charge in [-0.15, -0.1) is 11.3 Å². The zero-order valence-electron chi connectivity index (χ0n) is 17.1. The van der Waals surface area contributed by atoms with E-state index in [2.05, 4.69) is 51.5 Å². The third-order valence-corrected chi connectivity index (χ3v) is 7.30. The van der Waals surface area contributed by atoms with Gasteiger partial charge in [-0.3, -0.25) is 4.79 Å². The van der Waals surface area contributed by atoms with Gasteiger partial charge in [-0.1, -0.05) is 6.92 Å². The standard InChI is InChI=1S/C22H26N4OS2/c1-4-25-8-10-26(11-9-25)18-5-6-19(15(2)13-18)24-21(27)20-16(3)23-22(29-20)17-7-12-28-14-17/h5-7,12-14H,4,8-11H2,1-3H3,(H,24,27). The second-order valence-corrected chi connectivity index (χ2v) is 9.10. The van der Waals surface area contributed by atoms with E-state index in [1.807, 2.05) is 24.4 Å². The molecule has 1 aliphatic heterocycles. The average Bonchev–Trinajstić information content (AvgIpc) is 3.39. The highest BCUT2D eigenvalue weighted by atomic mass is 32.1. The molecular weight excluding hydrogens is 400 g/mol. The number of carbonyl (C=O) groups is 1. The monoisotopic (exact) mass is 426 g/mol. The van der Waals surface area contributed by atoms with Gasteiger partial charge in [0.2, 0.25) is 0 Å². The highest BCUT2D eigenvalue weighted by molar-refractivity contribution is 7.17. The lowest BCUT2D eigenvalue weighted by Gasteiger charge is -2.35. The van der Waals surface area contributed by atoms with Gasteiger partial charge in [0.05, 0.1) is 5.69 Å². The lowest BCUT2D eigenvalue weighted by molar-refractivity contribution is 0.102. The molecule has 152 valence electrons. The number of piperazine rings is 1. The van der Waals surface area contributed by atoms with Gasteiger partial charge >= 0.3 is 0 Å². The van der Waals surface area contributed by atoms with Crippen molar-refractivity contribution in [1.29, 1.82) is 0 Å². The van der Waals surface area contributed by atoms with Crippen LogP contribution in [0.1, 0.15) is 27.9 Å². The van der Waals surface area contributed by atoms with Gasteiger partial charge in [0, 0.05) is 48.5 Å². The topological polar surface area (TPSA) is 48.5 Å². The first-order chi connectivity index (χ1) is 14.0. The zero-order chi connectivity index (χ0) is 20.4. The van der Waals surface area contributed by atoms with Crippen LogP contribution in [0.15, 0.2) is 35.0 Å². The molecule has 0 spiro atoms. The lowest BCUT2D eigenvalue weighted by atomic mass is 10.1.